The highest BCUT2D eigenvalue weighted by molar-refractivity contribution is 5.90. The Morgan fingerprint density at radius 1 is 0.828 bits per heavy atom. The predicted octanol–water partition coefficient (Wildman–Crippen LogP) is 4.31. The number of anilines is 2. The fourth-order valence-corrected chi connectivity index (χ4v) is 4.53. The number of aromatic nitrogens is 2. The molecule has 150 valence electrons. The second-order valence-electron chi connectivity index (χ2n) is 8.26. The summed E-state index contributed by atoms with van der Waals surface area (Å²) in [6.07, 6.45) is 5.12. The summed E-state index contributed by atoms with van der Waals surface area (Å²) < 4.78 is 0. The van der Waals surface area contributed by atoms with Crippen LogP contribution in [0.3, 0.4) is 0 Å². The number of fused-ring (bicyclic) bond motifs is 1. The van der Waals surface area contributed by atoms with Crippen molar-refractivity contribution in [1.82, 2.24) is 14.9 Å². The molecule has 2 aliphatic rings. The predicted molar refractivity (Wildman–Crippen MR) is 119 cm³/mol. The zero-order chi connectivity index (χ0) is 19.5. The number of hydrogen-bond donors (Lipinski definition) is 1. The molecular weight excluding hydrogens is 358 g/mol. The van der Waals surface area contributed by atoms with E-state index in [0.717, 1.165) is 55.4 Å². The summed E-state index contributed by atoms with van der Waals surface area (Å²) in [5.74, 6) is 1.87. The summed E-state index contributed by atoms with van der Waals surface area (Å²) in [6, 6.07) is 19.7. The molecule has 5 heteroatoms. The third kappa shape index (κ3) is 4.20. The van der Waals surface area contributed by atoms with Crippen LogP contribution in [0.4, 0.5) is 11.8 Å². The second-order valence-corrected chi connectivity index (χ2v) is 8.26. The first kappa shape index (κ1) is 18.4. The Kier molecular flexibility index (Phi) is 5.31. The van der Waals surface area contributed by atoms with Crippen LogP contribution in [0.1, 0.15) is 31.2 Å². The number of piperazine rings is 1. The van der Waals surface area contributed by atoms with Gasteiger partial charge in [0.25, 0.3) is 0 Å². The van der Waals surface area contributed by atoms with E-state index in [9.17, 15) is 0 Å². The van der Waals surface area contributed by atoms with E-state index < -0.39 is 0 Å². The van der Waals surface area contributed by atoms with Crippen molar-refractivity contribution in [2.24, 2.45) is 0 Å². The molecule has 5 rings (SSSR count). The molecule has 3 aromatic rings. The normalized spacial score (nSPS) is 18.4. The average Bonchev–Trinajstić information content (AvgIpc) is 3.28. The lowest BCUT2D eigenvalue weighted by Crippen LogP contribution is -2.46. The Morgan fingerprint density at radius 2 is 1.55 bits per heavy atom. The smallest absolute Gasteiger partial charge is 0.227 e. The monoisotopic (exact) mass is 387 g/mol. The molecule has 0 spiro atoms. The Morgan fingerprint density at radius 3 is 2.34 bits per heavy atom. The first-order valence-electron chi connectivity index (χ1n) is 10.9. The van der Waals surface area contributed by atoms with E-state index in [-0.39, 0.29) is 0 Å². The van der Waals surface area contributed by atoms with Crippen LogP contribution in [0.2, 0.25) is 0 Å². The number of para-hydroxylation sites is 1. The molecule has 1 saturated carbocycles. The van der Waals surface area contributed by atoms with Gasteiger partial charge in [-0.3, -0.25) is 4.90 Å². The highest BCUT2D eigenvalue weighted by Gasteiger charge is 2.22. The van der Waals surface area contributed by atoms with E-state index >= 15 is 0 Å². The van der Waals surface area contributed by atoms with Crippen molar-refractivity contribution >= 4 is 22.7 Å². The van der Waals surface area contributed by atoms with Gasteiger partial charge in [-0.05, 0) is 30.5 Å². The van der Waals surface area contributed by atoms with Gasteiger partial charge in [0.05, 0.1) is 5.52 Å². The topological polar surface area (TPSA) is 44.3 Å². The molecule has 1 N–H and O–H groups in total. The number of nitrogens with one attached hydrogen (secondary N) is 1. The van der Waals surface area contributed by atoms with Crippen LogP contribution in [-0.4, -0.2) is 47.1 Å². The minimum atomic E-state index is 0.545. The van der Waals surface area contributed by atoms with Crippen LogP contribution in [-0.2, 0) is 6.54 Å². The molecule has 0 amide bonds. The lowest BCUT2D eigenvalue weighted by Gasteiger charge is -2.35. The number of rotatable bonds is 5. The molecule has 0 unspecified atom stereocenters. The van der Waals surface area contributed by atoms with Crippen LogP contribution < -0.4 is 10.2 Å². The largest absolute Gasteiger partial charge is 0.367 e. The number of hydrogen-bond acceptors (Lipinski definition) is 5. The standard InChI is InChI=1S/C24H29N5/c1-2-8-19(9-3-1)18-28-14-16-29(17-15-28)24-26-22-13-7-6-12-21(22)23(27-24)25-20-10-4-5-11-20/h1-3,6-9,12-13,20H,4-5,10-11,14-18H2,(H,25,26,27). The highest BCUT2D eigenvalue weighted by atomic mass is 15.3. The van der Waals surface area contributed by atoms with Gasteiger partial charge in [-0.1, -0.05) is 55.3 Å². The van der Waals surface area contributed by atoms with Gasteiger partial charge in [-0.25, -0.2) is 4.98 Å². The second kappa shape index (κ2) is 8.37. The fourth-order valence-electron chi connectivity index (χ4n) is 4.53. The molecule has 5 nitrogen and oxygen atoms in total. The summed E-state index contributed by atoms with van der Waals surface area (Å²) in [5, 5.41) is 4.85. The van der Waals surface area contributed by atoms with E-state index in [2.05, 4.69) is 69.7 Å². The minimum Gasteiger partial charge on any atom is -0.367 e. The molecule has 1 saturated heterocycles. The molecule has 2 heterocycles. The van der Waals surface area contributed by atoms with E-state index in [4.69, 9.17) is 9.97 Å². The molecule has 0 atom stereocenters. The third-order valence-corrected chi connectivity index (χ3v) is 6.19. The van der Waals surface area contributed by atoms with Crippen molar-refractivity contribution in [2.75, 3.05) is 36.4 Å². The Bertz CT molecular complexity index is 944. The highest BCUT2D eigenvalue weighted by Crippen LogP contribution is 2.28. The first-order valence-corrected chi connectivity index (χ1v) is 10.9. The van der Waals surface area contributed by atoms with Gasteiger partial charge < -0.3 is 10.2 Å². The van der Waals surface area contributed by atoms with Gasteiger partial charge in [0.15, 0.2) is 0 Å². The molecule has 0 radical (unpaired) electrons. The maximum absolute atomic E-state index is 4.98. The van der Waals surface area contributed by atoms with Gasteiger partial charge in [0, 0.05) is 44.2 Å². The van der Waals surface area contributed by atoms with Crippen molar-refractivity contribution in [2.45, 2.75) is 38.3 Å². The first-order chi connectivity index (χ1) is 14.3. The molecule has 1 aliphatic carbocycles. The summed E-state index contributed by atoms with van der Waals surface area (Å²) in [7, 11) is 0. The Labute approximate surface area is 172 Å². The maximum Gasteiger partial charge on any atom is 0.227 e. The SMILES string of the molecule is c1ccc(CN2CCN(c3nc(NC4CCCC4)c4ccccc4n3)CC2)cc1. The van der Waals surface area contributed by atoms with E-state index in [1.54, 1.807) is 0 Å². The lowest BCUT2D eigenvalue weighted by molar-refractivity contribution is 0.249. The summed E-state index contributed by atoms with van der Waals surface area (Å²) in [5.41, 5.74) is 2.41. The Hall–Kier alpha value is -2.66. The van der Waals surface area contributed by atoms with E-state index in [1.807, 2.05) is 0 Å². The van der Waals surface area contributed by atoms with Crippen LogP contribution in [0.15, 0.2) is 54.6 Å². The van der Waals surface area contributed by atoms with Gasteiger partial charge in [-0.2, -0.15) is 4.98 Å². The lowest BCUT2D eigenvalue weighted by atomic mass is 10.2. The fraction of sp³-hybridized carbons (Fsp3) is 0.417. The van der Waals surface area contributed by atoms with Gasteiger partial charge in [0.2, 0.25) is 5.95 Å². The van der Waals surface area contributed by atoms with Crippen LogP contribution >= 0.6 is 0 Å². The molecule has 2 aromatic carbocycles. The summed E-state index contributed by atoms with van der Waals surface area (Å²) in [4.78, 5) is 14.7. The number of benzene rings is 2. The summed E-state index contributed by atoms with van der Waals surface area (Å²) >= 11 is 0. The van der Waals surface area contributed by atoms with E-state index in [0.29, 0.717) is 6.04 Å². The van der Waals surface area contributed by atoms with E-state index in [1.165, 1.54) is 31.2 Å². The third-order valence-electron chi connectivity index (χ3n) is 6.19. The molecule has 2 fully saturated rings. The maximum atomic E-state index is 4.98. The van der Waals surface area contributed by atoms with Crippen LogP contribution in [0.25, 0.3) is 10.9 Å². The quantitative estimate of drug-likeness (QED) is 0.707. The van der Waals surface area contributed by atoms with Crippen molar-refractivity contribution in [3.63, 3.8) is 0 Å². The zero-order valence-electron chi connectivity index (χ0n) is 16.9. The minimum absolute atomic E-state index is 0.545. The van der Waals surface area contributed by atoms with Crippen molar-refractivity contribution < 1.29 is 0 Å². The summed E-state index contributed by atoms with van der Waals surface area (Å²) in [6.45, 7) is 5.02. The number of nitrogens with zero attached hydrogens (tertiary/aromatic N) is 4. The Balaban J connectivity index is 1.32. The zero-order valence-corrected chi connectivity index (χ0v) is 16.9. The molecule has 0 bridgehead atoms. The van der Waals surface area contributed by atoms with Crippen molar-refractivity contribution in [1.29, 1.82) is 0 Å². The van der Waals surface area contributed by atoms with Crippen LogP contribution in [0, 0.1) is 0 Å². The molecule has 29 heavy (non-hydrogen) atoms. The van der Waals surface area contributed by atoms with Crippen molar-refractivity contribution in [3.8, 4) is 0 Å². The molecule has 1 aromatic heterocycles. The molecular formula is C24H29N5. The molecule has 1 aliphatic heterocycles. The van der Waals surface area contributed by atoms with Crippen LogP contribution in [0.5, 0.6) is 0 Å². The van der Waals surface area contributed by atoms with Gasteiger partial charge in [-0.15, -0.1) is 0 Å². The van der Waals surface area contributed by atoms with Gasteiger partial charge in [0.1, 0.15) is 5.82 Å². The average molecular weight is 388 g/mol. The van der Waals surface area contributed by atoms with Crippen molar-refractivity contribution in [3.05, 3.63) is 60.2 Å². The van der Waals surface area contributed by atoms with Gasteiger partial charge >= 0.3 is 0 Å².